The highest BCUT2D eigenvalue weighted by atomic mass is 16.3. The molecule has 0 aliphatic heterocycles. The predicted molar refractivity (Wildman–Crippen MR) is 63.8 cm³/mol. The van der Waals surface area contributed by atoms with Crippen LogP contribution >= 0.6 is 0 Å². The van der Waals surface area contributed by atoms with Gasteiger partial charge < -0.3 is 15.3 Å². The highest BCUT2D eigenvalue weighted by molar-refractivity contribution is 5.48. The van der Waals surface area contributed by atoms with E-state index in [2.05, 4.69) is 13.8 Å². The quantitative estimate of drug-likeness (QED) is 0.720. The fourth-order valence-electron chi connectivity index (χ4n) is 1.98. The Bertz CT molecular complexity index is 324. The molecule has 0 saturated heterocycles. The molecule has 0 amide bonds. The number of phenols is 3. The van der Waals surface area contributed by atoms with Crippen molar-refractivity contribution in [3.05, 3.63) is 17.7 Å². The Hall–Kier alpha value is -1.38. The summed E-state index contributed by atoms with van der Waals surface area (Å²) in [5.41, 5.74) is 0.540. The van der Waals surface area contributed by atoms with Gasteiger partial charge in [0.05, 0.1) is 0 Å². The topological polar surface area (TPSA) is 60.7 Å². The third kappa shape index (κ3) is 3.05. The monoisotopic (exact) mass is 224 g/mol. The predicted octanol–water partition coefficient (Wildman–Crippen LogP) is 3.17. The molecule has 0 spiro atoms. The van der Waals surface area contributed by atoms with E-state index in [1.54, 1.807) is 0 Å². The molecule has 3 heteroatoms. The van der Waals surface area contributed by atoms with Crippen molar-refractivity contribution in [1.82, 2.24) is 0 Å². The highest BCUT2D eigenvalue weighted by Gasteiger charge is 2.14. The number of rotatable bonds is 5. The summed E-state index contributed by atoms with van der Waals surface area (Å²) in [5, 5.41) is 28.5. The van der Waals surface area contributed by atoms with Gasteiger partial charge in [0.1, 0.15) is 17.2 Å². The summed E-state index contributed by atoms with van der Waals surface area (Å²) in [5.74, 6) is 0.313. The zero-order valence-electron chi connectivity index (χ0n) is 9.90. The van der Waals surface area contributed by atoms with E-state index in [4.69, 9.17) is 0 Å². The van der Waals surface area contributed by atoms with Gasteiger partial charge in [0, 0.05) is 17.7 Å². The summed E-state index contributed by atoms with van der Waals surface area (Å²) in [6.45, 7) is 4.23. The summed E-state index contributed by atoms with van der Waals surface area (Å²) < 4.78 is 0. The first kappa shape index (κ1) is 12.7. The van der Waals surface area contributed by atoms with Crippen molar-refractivity contribution in [3.63, 3.8) is 0 Å². The SMILES string of the molecule is CCCC(CC)Cc1c(O)cc(O)cc1O. The molecule has 3 nitrogen and oxygen atoms in total. The molecule has 0 saturated carbocycles. The van der Waals surface area contributed by atoms with Crippen molar-refractivity contribution in [1.29, 1.82) is 0 Å². The van der Waals surface area contributed by atoms with E-state index in [0.717, 1.165) is 19.3 Å². The van der Waals surface area contributed by atoms with Crippen molar-refractivity contribution in [2.75, 3.05) is 0 Å². The maximum atomic E-state index is 9.66. The molecular formula is C13H20O3. The largest absolute Gasteiger partial charge is 0.508 e. The van der Waals surface area contributed by atoms with Crippen LogP contribution in [0.1, 0.15) is 38.7 Å². The van der Waals surface area contributed by atoms with Crippen LogP contribution in [0.5, 0.6) is 17.2 Å². The van der Waals surface area contributed by atoms with Crippen molar-refractivity contribution < 1.29 is 15.3 Å². The summed E-state index contributed by atoms with van der Waals surface area (Å²) in [6, 6.07) is 2.54. The molecular weight excluding hydrogens is 204 g/mol. The lowest BCUT2D eigenvalue weighted by molar-refractivity contribution is 0.398. The Balaban J connectivity index is 2.87. The Morgan fingerprint density at radius 3 is 2.06 bits per heavy atom. The number of hydrogen-bond acceptors (Lipinski definition) is 3. The van der Waals surface area contributed by atoms with Crippen LogP contribution in [0.3, 0.4) is 0 Å². The Morgan fingerprint density at radius 1 is 1.06 bits per heavy atom. The molecule has 0 bridgehead atoms. The van der Waals surface area contributed by atoms with E-state index >= 15 is 0 Å². The Morgan fingerprint density at radius 2 is 1.62 bits per heavy atom. The average Bonchev–Trinajstić information content (AvgIpc) is 2.21. The molecule has 90 valence electrons. The molecule has 1 atom stereocenters. The zero-order chi connectivity index (χ0) is 12.1. The van der Waals surface area contributed by atoms with Gasteiger partial charge in [-0.25, -0.2) is 0 Å². The minimum atomic E-state index is -0.109. The number of benzene rings is 1. The first-order valence-electron chi connectivity index (χ1n) is 5.82. The van der Waals surface area contributed by atoms with E-state index in [9.17, 15) is 15.3 Å². The van der Waals surface area contributed by atoms with Crippen LogP contribution in [-0.2, 0) is 6.42 Å². The molecule has 0 heterocycles. The van der Waals surface area contributed by atoms with E-state index in [0.29, 0.717) is 17.9 Å². The second-order valence-electron chi connectivity index (χ2n) is 4.23. The molecule has 0 aliphatic carbocycles. The van der Waals surface area contributed by atoms with Crippen molar-refractivity contribution in [2.24, 2.45) is 5.92 Å². The Kier molecular flexibility index (Phi) is 4.47. The maximum absolute atomic E-state index is 9.66. The van der Waals surface area contributed by atoms with Gasteiger partial charge in [-0.1, -0.05) is 33.1 Å². The lowest BCUT2D eigenvalue weighted by Crippen LogP contribution is -2.03. The lowest BCUT2D eigenvalue weighted by atomic mass is 9.92. The van der Waals surface area contributed by atoms with Gasteiger partial charge in [-0.2, -0.15) is 0 Å². The van der Waals surface area contributed by atoms with E-state index in [-0.39, 0.29) is 17.2 Å². The molecule has 0 radical (unpaired) electrons. The molecule has 0 aromatic heterocycles. The summed E-state index contributed by atoms with van der Waals surface area (Å²) in [6.07, 6.45) is 3.85. The second-order valence-corrected chi connectivity index (χ2v) is 4.23. The smallest absolute Gasteiger partial charge is 0.126 e. The Labute approximate surface area is 96.4 Å². The van der Waals surface area contributed by atoms with Gasteiger partial charge in [0.25, 0.3) is 0 Å². The van der Waals surface area contributed by atoms with Crippen molar-refractivity contribution in [2.45, 2.75) is 39.5 Å². The first-order valence-corrected chi connectivity index (χ1v) is 5.82. The molecule has 1 rings (SSSR count). The highest BCUT2D eigenvalue weighted by Crippen LogP contribution is 2.34. The molecule has 0 aliphatic rings. The van der Waals surface area contributed by atoms with Crippen LogP contribution < -0.4 is 0 Å². The van der Waals surface area contributed by atoms with Crippen LogP contribution in [0.25, 0.3) is 0 Å². The third-order valence-electron chi connectivity index (χ3n) is 2.95. The molecule has 0 fully saturated rings. The van der Waals surface area contributed by atoms with Crippen molar-refractivity contribution in [3.8, 4) is 17.2 Å². The normalized spacial score (nSPS) is 12.6. The van der Waals surface area contributed by atoms with Gasteiger partial charge in [-0.05, 0) is 12.3 Å². The fourth-order valence-corrected chi connectivity index (χ4v) is 1.98. The summed E-state index contributed by atoms with van der Waals surface area (Å²) >= 11 is 0. The zero-order valence-corrected chi connectivity index (χ0v) is 9.90. The molecule has 1 aromatic rings. The van der Waals surface area contributed by atoms with E-state index < -0.39 is 0 Å². The van der Waals surface area contributed by atoms with Crippen LogP contribution in [0.15, 0.2) is 12.1 Å². The second kappa shape index (κ2) is 5.64. The molecule has 1 aromatic carbocycles. The number of hydrogen-bond donors (Lipinski definition) is 3. The van der Waals surface area contributed by atoms with E-state index in [1.165, 1.54) is 12.1 Å². The number of phenolic OH excluding ortho intramolecular Hbond substituents is 3. The maximum Gasteiger partial charge on any atom is 0.126 e. The summed E-state index contributed by atoms with van der Waals surface area (Å²) in [4.78, 5) is 0. The van der Waals surface area contributed by atoms with Crippen molar-refractivity contribution >= 4 is 0 Å². The first-order chi connectivity index (χ1) is 7.58. The van der Waals surface area contributed by atoms with Gasteiger partial charge >= 0.3 is 0 Å². The van der Waals surface area contributed by atoms with Gasteiger partial charge in [0.2, 0.25) is 0 Å². The minimum Gasteiger partial charge on any atom is -0.508 e. The fraction of sp³-hybridized carbons (Fsp3) is 0.538. The lowest BCUT2D eigenvalue weighted by Gasteiger charge is -2.15. The van der Waals surface area contributed by atoms with Gasteiger partial charge in [0.15, 0.2) is 0 Å². The average molecular weight is 224 g/mol. The third-order valence-corrected chi connectivity index (χ3v) is 2.95. The number of aromatic hydroxyl groups is 3. The van der Waals surface area contributed by atoms with E-state index in [1.807, 2.05) is 0 Å². The molecule has 3 N–H and O–H groups in total. The van der Waals surface area contributed by atoms with Gasteiger partial charge in [-0.3, -0.25) is 0 Å². The standard InChI is InChI=1S/C13H20O3/c1-3-5-9(4-2)6-11-12(15)7-10(14)8-13(11)16/h7-9,14-16H,3-6H2,1-2H3. The van der Waals surface area contributed by atoms with Crippen LogP contribution in [0.2, 0.25) is 0 Å². The van der Waals surface area contributed by atoms with Gasteiger partial charge in [-0.15, -0.1) is 0 Å². The molecule has 1 unspecified atom stereocenters. The van der Waals surface area contributed by atoms with Crippen LogP contribution in [-0.4, -0.2) is 15.3 Å². The summed E-state index contributed by atoms with van der Waals surface area (Å²) in [7, 11) is 0. The van der Waals surface area contributed by atoms with Crippen LogP contribution in [0, 0.1) is 5.92 Å². The minimum absolute atomic E-state index is 0.0212. The molecule has 16 heavy (non-hydrogen) atoms. The van der Waals surface area contributed by atoms with Crippen LogP contribution in [0.4, 0.5) is 0 Å².